The molecule has 0 heterocycles. The Balaban J connectivity index is 2.28. The summed E-state index contributed by atoms with van der Waals surface area (Å²) in [6.45, 7) is 1.34. The molecule has 0 aliphatic rings. The molecule has 2 aromatic carbocycles. The normalized spacial score (nSPS) is 12.2. The predicted molar refractivity (Wildman–Crippen MR) is 130 cm³/mol. The first-order valence-corrected chi connectivity index (χ1v) is 13.2. The van der Waals surface area contributed by atoms with Crippen LogP contribution in [0.3, 0.4) is 0 Å². The van der Waals surface area contributed by atoms with Crippen molar-refractivity contribution in [2.24, 2.45) is 0 Å². The minimum atomic E-state index is -3.42. The molecule has 10 nitrogen and oxygen atoms in total. The van der Waals surface area contributed by atoms with Gasteiger partial charge in [-0.1, -0.05) is 48.9 Å². The maximum absolute atomic E-state index is 13.2. The Labute approximate surface area is 210 Å². The molecule has 0 atom stereocenters. The molecule has 0 aromatic heterocycles. The number of rotatable bonds is 14. The van der Waals surface area contributed by atoms with Crippen LogP contribution in [0, 0.1) is 0 Å². The number of esters is 2. The SMILES string of the molecule is CC(=O)OC/C(=C(\C(=O)OCCCCCCON(O)O)c1ccccc1)c1ccc(S(C)(=O)=O)cc1. The summed E-state index contributed by atoms with van der Waals surface area (Å²) in [4.78, 5) is 29.4. The van der Waals surface area contributed by atoms with Gasteiger partial charge in [0.15, 0.2) is 9.84 Å². The number of carbonyl (C=O) groups excluding carboxylic acids is 2. The Bertz CT molecular complexity index is 1130. The first-order valence-electron chi connectivity index (χ1n) is 11.3. The standard InChI is InChI=1S/C25H31NO9S/c1-19(27)34-18-23(20-12-14-22(15-13-20)36(2,31)32)24(21-10-6-5-7-11-21)25(28)33-16-8-3-4-9-17-35-26(29)30/h5-7,10-15,29-30H,3-4,8-9,16-18H2,1-2H3/b24-23+. The molecule has 0 radical (unpaired) electrons. The molecule has 0 aliphatic heterocycles. The van der Waals surface area contributed by atoms with E-state index in [1.807, 2.05) is 0 Å². The van der Waals surface area contributed by atoms with Crippen molar-refractivity contribution in [3.8, 4) is 0 Å². The van der Waals surface area contributed by atoms with E-state index in [4.69, 9.17) is 19.9 Å². The number of benzene rings is 2. The molecule has 36 heavy (non-hydrogen) atoms. The second-order valence-corrected chi connectivity index (χ2v) is 9.95. The van der Waals surface area contributed by atoms with Crippen LogP contribution < -0.4 is 0 Å². The van der Waals surface area contributed by atoms with Crippen molar-refractivity contribution < 1.29 is 42.7 Å². The molecule has 0 spiro atoms. The summed E-state index contributed by atoms with van der Waals surface area (Å²) in [6, 6.07) is 14.8. The highest BCUT2D eigenvalue weighted by atomic mass is 32.2. The van der Waals surface area contributed by atoms with E-state index >= 15 is 0 Å². The Morgan fingerprint density at radius 1 is 0.833 bits per heavy atom. The molecular weight excluding hydrogens is 490 g/mol. The first-order chi connectivity index (χ1) is 17.1. The van der Waals surface area contributed by atoms with Crippen molar-refractivity contribution in [1.29, 1.82) is 0 Å². The number of sulfone groups is 1. The second-order valence-electron chi connectivity index (χ2n) is 7.93. The van der Waals surface area contributed by atoms with Gasteiger partial charge in [0.25, 0.3) is 0 Å². The molecule has 0 saturated heterocycles. The minimum absolute atomic E-state index is 0.123. The summed E-state index contributed by atoms with van der Waals surface area (Å²) >= 11 is 0. The van der Waals surface area contributed by atoms with Crippen molar-refractivity contribution in [3.05, 3.63) is 65.7 Å². The molecule has 196 valence electrons. The lowest BCUT2D eigenvalue weighted by molar-refractivity contribution is -0.492. The first kappa shape index (κ1) is 29.1. The molecule has 11 heteroatoms. The fourth-order valence-electron chi connectivity index (χ4n) is 3.34. The third kappa shape index (κ3) is 9.88. The summed E-state index contributed by atoms with van der Waals surface area (Å²) in [5, 5.41) is 16.7. The van der Waals surface area contributed by atoms with Gasteiger partial charge in [0.1, 0.15) is 6.61 Å². The summed E-state index contributed by atoms with van der Waals surface area (Å²) in [6.07, 6.45) is 3.74. The maximum Gasteiger partial charge on any atom is 0.339 e. The van der Waals surface area contributed by atoms with Gasteiger partial charge in [0.2, 0.25) is 0 Å². The Morgan fingerprint density at radius 2 is 1.44 bits per heavy atom. The van der Waals surface area contributed by atoms with Gasteiger partial charge < -0.3 is 9.47 Å². The lowest BCUT2D eigenvalue weighted by atomic mass is 9.95. The fraction of sp³-hybridized carbons (Fsp3) is 0.360. The highest BCUT2D eigenvalue weighted by Gasteiger charge is 2.22. The molecular formula is C25H31NO9S. The van der Waals surface area contributed by atoms with E-state index in [0.717, 1.165) is 19.1 Å². The van der Waals surface area contributed by atoms with Gasteiger partial charge in [-0.3, -0.25) is 20.0 Å². The molecule has 0 saturated carbocycles. The molecule has 0 aliphatic carbocycles. The van der Waals surface area contributed by atoms with Crippen molar-refractivity contribution in [1.82, 2.24) is 5.39 Å². The van der Waals surface area contributed by atoms with Crippen LogP contribution in [0.1, 0.15) is 43.7 Å². The van der Waals surface area contributed by atoms with E-state index in [2.05, 4.69) is 4.84 Å². The highest BCUT2D eigenvalue weighted by molar-refractivity contribution is 7.90. The summed E-state index contributed by atoms with van der Waals surface area (Å²) in [7, 11) is -3.42. The van der Waals surface area contributed by atoms with Gasteiger partial charge >= 0.3 is 11.9 Å². The third-order valence-electron chi connectivity index (χ3n) is 5.10. The molecule has 0 bridgehead atoms. The number of carbonyl (C=O) groups is 2. The Kier molecular flexibility index (Phi) is 11.7. The average Bonchev–Trinajstić information content (AvgIpc) is 2.83. The summed E-state index contributed by atoms with van der Waals surface area (Å²) in [5.41, 5.74) is 1.67. The van der Waals surface area contributed by atoms with Crippen molar-refractivity contribution in [3.63, 3.8) is 0 Å². The lowest BCUT2D eigenvalue weighted by Gasteiger charge is -2.16. The van der Waals surface area contributed by atoms with E-state index in [-0.39, 0.29) is 35.7 Å². The van der Waals surface area contributed by atoms with Crippen LogP contribution in [0.25, 0.3) is 11.1 Å². The molecule has 2 rings (SSSR count). The zero-order valence-corrected chi connectivity index (χ0v) is 21.1. The number of nitrogens with zero attached hydrogens (tertiary/aromatic N) is 1. The minimum Gasteiger partial charge on any atom is -0.462 e. The van der Waals surface area contributed by atoms with E-state index in [1.54, 1.807) is 42.5 Å². The van der Waals surface area contributed by atoms with Gasteiger partial charge in [-0.05, 0) is 42.5 Å². The van der Waals surface area contributed by atoms with Gasteiger partial charge in [-0.25, -0.2) is 13.2 Å². The lowest BCUT2D eigenvalue weighted by Crippen LogP contribution is -2.15. The van der Waals surface area contributed by atoms with E-state index in [1.165, 1.54) is 19.1 Å². The topological polar surface area (TPSA) is 140 Å². The number of ether oxygens (including phenoxy) is 2. The molecule has 0 fully saturated rings. The smallest absolute Gasteiger partial charge is 0.339 e. The highest BCUT2D eigenvalue weighted by Crippen LogP contribution is 2.29. The van der Waals surface area contributed by atoms with Crippen molar-refractivity contribution >= 4 is 32.9 Å². The predicted octanol–water partition coefficient (Wildman–Crippen LogP) is 3.68. The van der Waals surface area contributed by atoms with E-state index in [0.29, 0.717) is 29.5 Å². The van der Waals surface area contributed by atoms with Gasteiger partial charge in [0, 0.05) is 18.8 Å². The van der Waals surface area contributed by atoms with Crippen LogP contribution in [0.5, 0.6) is 0 Å². The second kappa shape index (κ2) is 14.5. The third-order valence-corrected chi connectivity index (χ3v) is 6.23. The van der Waals surface area contributed by atoms with Crippen molar-refractivity contribution in [2.45, 2.75) is 37.5 Å². The summed E-state index contributed by atoms with van der Waals surface area (Å²) in [5.74, 6) is -1.13. The molecule has 2 aromatic rings. The van der Waals surface area contributed by atoms with Crippen molar-refractivity contribution in [2.75, 3.05) is 26.1 Å². The number of hydrogen-bond acceptors (Lipinski definition) is 10. The Hall–Kier alpha value is -3.09. The van der Waals surface area contributed by atoms with Crippen LogP contribution in [0.15, 0.2) is 59.5 Å². The molecule has 0 amide bonds. The summed E-state index contributed by atoms with van der Waals surface area (Å²) < 4.78 is 34.5. The van der Waals surface area contributed by atoms with Crippen LogP contribution in [0.2, 0.25) is 0 Å². The number of hydrogen-bond donors (Lipinski definition) is 2. The zero-order valence-electron chi connectivity index (χ0n) is 20.3. The van der Waals surface area contributed by atoms with E-state index < -0.39 is 21.8 Å². The molecule has 2 N–H and O–H groups in total. The van der Waals surface area contributed by atoms with Gasteiger partial charge in [-0.15, -0.1) is 0 Å². The number of unbranched alkanes of at least 4 members (excludes halogenated alkanes) is 3. The molecule has 0 unspecified atom stereocenters. The Morgan fingerprint density at radius 3 is 2.00 bits per heavy atom. The van der Waals surface area contributed by atoms with Crippen LogP contribution in [0.4, 0.5) is 0 Å². The average molecular weight is 522 g/mol. The quantitative estimate of drug-likeness (QED) is 0.124. The van der Waals surface area contributed by atoms with Crippen LogP contribution in [-0.2, 0) is 33.7 Å². The largest absolute Gasteiger partial charge is 0.462 e. The fourth-order valence-corrected chi connectivity index (χ4v) is 3.97. The monoisotopic (exact) mass is 521 g/mol. The maximum atomic E-state index is 13.2. The van der Waals surface area contributed by atoms with E-state index in [9.17, 15) is 18.0 Å². The van der Waals surface area contributed by atoms with Crippen LogP contribution in [-0.4, -0.2) is 62.2 Å². The van der Waals surface area contributed by atoms with Gasteiger partial charge in [0.05, 0.1) is 29.1 Å². The zero-order chi connectivity index (χ0) is 26.6. The van der Waals surface area contributed by atoms with Gasteiger partial charge in [-0.2, -0.15) is 0 Å². The van der Waals surface area contributed by atoms with Crippen LogP contribution >= 0.6 is 0 Å².